The molecular formula is C8H13N3O4. The van der Waals surface area contributed by atoms with Crippen LogP contribution in [0.25, 0.3) is 0 Å². The summed E-state index contributed by atoms with van der Waals surface area (Å²) in [5.41, 5.74) is -2.22. The molecule has 2 aliphatic rings. The van der Waals surface area contributed by atoms with Crippen LogP contribution in [0.5, 0.6) is 0 Å². The van der Waals surface area contributed by atoms with Crippen molar-refractivity contribution in [1.82, 2.24) is 5.32 Å². The van der Waals surface area contributed by atoms with Crippen LogP contribution in [0.4, 0.5) is 0 Å². The van der Waals surface area contributed by atoms with E-state index in [9.17, 15) is 20.2 Å². The smallest absolute Gasteiger partial charge is 0.241 e. The Hall–Kier alpha value is -1.24. The second-order valence-corrected chi connectivity index (χ2v) is 4.60. The average Bonchev–Trinajstić information content (AvgIpc) is 2.17. The van der Waals surface area contributed by atoms with E-state index >= 15 is 0 Å². The molecule has 2 fully saturated rings. The maximum absolute atomic E-state index is 11.0. The Labute approximate surface area is 86.1 Å². The molecule has 0 amide bonds. The van der Waals surface area contributed by atoms with Crippen molar-refractivity contribution in [2.75, 3.05) is 13.1 Å². The standard InChI is InChI=1S/C8H13N3O4/c12-10(13)7-2-1-3-8(4-7,11(14)15)6-9-5-7/h9H,1-6H2. The van der Waals surface area contributed by atoms with Gasteiger partial charge in [-0.05, 0) is 6.42 Å². The lowest BCUT2D eigenvalue weighted by atomic mass is 9.69. The molecule has 0 aromatic carbocycles. The van der Waals surface area contributed by atoms with E-state index in [1.807, 2.05) is 0 Å². The Balaban J connectivity index is 2.32. The van der Waals surface area contributed by atoms with Gasteiger partial charge in [-0.2, -0.15) is 0 Å². The van der Waals surface area contributed by atoms with Gasteiger partial charge in [-0.15, -0.1) is 0 Å². The summed E-state index contributed by atoms with van der Waals surface area (Å²) in [5.74, 6) is 0. The molecule has 0 aromatic rings. The van der Waals surface area contributed by atoms with Crippen LogP contribution >= 0.6 is 0 Å². The molecule has 2 unspecified atom stereocenters. The van der Waals surface area contributed by atoms with Crippen LogP contribution in [0, 0.1) is 20.2 Å². The predicted octanol–water partition coefficient (Wildman–Crippen LogP) is 0.195. The summed E-state index contributed by atoms with van der Waals surface area (Å²) in [4.78, 5) is 21.3. The first-order chi connectivity index (χ1) is 7.01. The highest BCUT2D eigenvalue weighted by atomic mass is 16.6. The fourth-order valence-corrected chi connectivity index (χ4v) is 2.81. The van der Waals surface area contributed by atoms with Crippen LogP contribution < -0.4 is 5.32 Å². The first-order valence-electron chi connectivity index (χ1n) is 5.01. The van der Waals surface area contributed by atoms with E-state index in [0.29, 0.717) is 19.3 Å². The number of nitrogens with one attached hydrogen (secondary N) is 1. The van der Waals surface area contributed by atoms with E-state index in [1.54, 1.807) is 0 Å². The van der Waals surface area contributed by atoms with Gasteiger partial charge >= 0.3 is 0 Å². The molecule has 1 aliphatic carbocycles. The van der Waals surface area contributed by atoms with Crippen molar-refractivity contribution in [3.05, 3.63) is 20.2 Å². The summed E-state index contributed by atoms with van der Waals surface area (Å²) in [5, 5.41) is 24.8. The van der Waals surface area contributed by atoms with Crippen molar-refractivity contribution in [3.8, 4) is 0 Å². The van der Waals surface area contributed by atoms with Crippen molar-refractivity contribution in [1.29, 1.82) is 0 Å². The van der Waals surface area contributed by atoms with Crippen LogP contribution in [0.1, 0.15) is 25.7 Å². The monoisotopic (exact) mass is 215 g/mol. The highest BCUT2D eigenvalue weighted by Crippen LogP contribution is 2.41. The third-order valence-corrected chi connectivity index (χ3v) is 3.63. The van der Waals surface area contributed by atoms with Crippen molar-refractivity contribution in [3.63, 3.8) is 0 Å². The highest BCUT2D eigenvalue weighted by molar-refractivity contribution is 5.02. The van der Waals surface area contributed by atoms with Gasteiger partial charge in [0.15, 0.2) is 0 Å². The van der Waals surface area contributed by atoms with Gasteiger partial charge in [0.25, 0.3) is 0 Å². The molecule has 15 heavy (non-hydrogen) atoms. The SMILES string of the molecule is O=[N+]([O-])C12CCCC([N+](=O)[O-])(CNC1)C2. The second kappa shape index (κ2) is 3.13. The molecule has 1 saturated carbocycles. The molecule has 1 saturated heterocycles. The molecule has 7 heteroatoms. The fraction of sp³-hybridized carbons (Fsp3) is 1.00. The maximum Gasteiger partial charge on any atom is 0.241 e. The number of hydrogen-bond acceptors (Lipinski definition) is 5. The minimum Gasteiger partial charge on any atom is -0.304 e. The number of piperidine rings is 1. The number of nitro groups is 2. The Bertz CT molecular complexity index is 279. The number of hydrogen-bond donors (Lipinski definition) is 1. The first-order valence-corrected chi connectivity index (χ1v) is 5.01. The number of rotatable bonds is 2. The van der Waals surface area contributed by atoms with Crippen LogP contribution in [0.15, 0.2) is 0 Å². The van der Waals surface area contributed by atoms with Crippen molar-refractivity contribution < 1.29 is 9.85 Å². The van der Waals surface area contributed by atoms with Gasteiger partial charge in [-0.1, -0.05) is 0 Å². The van der Waals surface area contributed by atoms with E-state index in [0.717, 1.165) is 0 Å². The molecule has 0 spiro atoms. The Morgan fingerprint density at radius 1 is 1.00 bits per heavy atom. The molecule has 2 atom stereocenters. The summed E-state index contributed by atoms with van der Waals surface area (Å²) < 4.78 is 0. The summed E-state index contributed by atoms with van der Waals surface area (Å²) >= 11 is 0. The molecule has 0 radical (unpaired) electrons. The van der Waals surface area contributed by atoms with Crippen molar-refractivity contribution in [2.24, 2.45) is 0 Å². The third-order valence-electron chi connectivity index (χ3n) is 3.63. The largest absolute Gasteiger partial charge is 0.304 e. The van der Waals surface area contributed by atoms with E-state index in [1.165, 1.54) is 0 Å². The number of fused-ring (bicyclic) bond motifs is 2. The first kappa shape index (κ1) is 10.3. The molecule has 2 rings (SSSR count). The van der Waals surface area contributed by atoms with E-state index in [2.05, 4.69) is 5.32 Å². The highest BCUT2D eigenvalue weighted by Gasteiger charge is 2.62. The second-order valence-electron chi connectivity index (χ2n) is 4.60. The van der Waals surface area contributed by atoms with Gasteiger partial charge in [0.05, 0.1) is 19.5 Å². The quantitative estimate of drug-likeness (QED) is 0.523. The van der Waals surface area contributed by atoms with Crippen LogP contribution in [-0.4, -0.2) is 34.0 Å². The Kier molecular flexibility index (Phi) is 2.14. The summed E-state index contributed by atoms with van der Waals surface area (Å²) in [6.07, 6.45) is 1.54. The van der Waals surface area contributed by atoms with E-state index < -0.39 is 11.1 Å². The van der Waals surface area contributed by atoms with Crippen LogP contribution in [0.3, 0.4) is 0 Å². The average molecular weight is 215 g/mol. The predicted molar refractivity (Wildman–Crippen MR) is 50.8 cm³/mol. The van der Waals surface area contributed by atoms with Gasteiger partial charge in [0.1, 0.15) is 0 Å². The fourth-order valence-electron chi connectivity index (χ4n) is 2.81. The summed E-state index contributed by atoms with van der Waals surface area (Å²) in [6, 6.07) is 0. The molecule has 2 bridgehead atoms. The van der Waals surface area contributed by atoms with Gasteiger partial charge in [0.2, 0.25) is 11.1 Å². The van der Waals surface area contributed by atoms with Gasteiger partial charge in [-0.3, -0.25) is 20.2 Å². The molecule has 84 valence electrons. The minimum atomic E-state index is -1.11. The zero-order chi connectivity index (χ0) is 11.1. The van der Waals surface area contributed by atoms with Gasteiger partial charge in [-0.25, -0.2) is 0 Å². The lowest BCUT2D eigenvalue weighted by Gasteiger charge is -2.41. The molecule has 0 aromatic heterocycles. The molecule has 1 heterocycles. The van der Waals surface area contributed by atoms with Crippen LogP contribution in [-0.2, 0) is 0 Å². The molecule has 7 nitrogen and oxygen atoms in total. The zero-order valence-corrected chi connectivity index (χ0v) is 8.27. The topological polar surface area (TPSA) is 98.3 Å². The minimum absolute atomic E-state index is 0.0764. The molecule has 1 aliphatic heterocycles. The molecule has 1 N–H and O–H groups in total. The van der Waals surface area contributed by atoms with Crippen molar-refractivity contribution in [2.45, 2.75) is 36.8 Å². The number of nitrogens with zero attached hydrogens (tertiary/aromatic N) is 2. The van der Waals surface area contributed by atoms with Crippen molar-refractivity contribution >= 4 is 0 Å². The van der Waals surface area contributed by atoms with Gasteiger partial charge in [0, 0.05) is 22.7 Å². The van der Waals surface area contributed by atoms with Gasteiger partial charge < -0.3 is 5.32 Å². The third kappa shape index (κ3) is 1.38. The molecular weight excluding hydrogens is 202 g/mol. The Morgan fingerprint density at radius 2 is 1.47 bits per heavy atom. The normalized spacial score (nSPS) is 39.7. The van der Waals surface area contributed by atoms with E-state index in [4.69, 9.17) is 0 Å². The lowest BCUT2D eigenvalue weighted by Crippen LogP contribution is -2.66. The summed E-state index contributed by atoms with van der Waals surface area (Å²) in [7, 11) is 0. The maximum atomic E-state index is 11.0. The Morgan fingerprint density at radius 3 is 1.87 bits per heavy atom. The van der Waals surface area contributed by atoms with E-state index in [-0.39, 0.29) is 29.4 Å². The van der Waals surface area contributed by atoms with Crippen LogP contribution in [0.2, 0.25) is 0 Å². The summed E-state index contributed by atoms with van der Waals surface area (Å²) in [6.45, 7) is 0.519. The lowest BCUT2D eigenvalue weighted by molar-refractivity contribution is -0.628. The zero-order valence-electron chi connectivity index (χ0n) is 8.27.